The van der Waals surface area contributed by atoms with Gasteiger partial charge in [0.1, 0.15) is 17.0 Å². The Kier molecular flexibility index (Phi) is 4.41. The van der Waals surface area contributed by atoms with Crippen LogP contribution in [0, 0.1) is 0 Å². The van der Waals surface area contributed by atoms with Crippen molar-refractivity contribution in [3.05, 3.63) is 77.0 Å². The molecule has 0 radical (unpaired) electrons. The molecule has 3 heterocycles. The summed E-state index contributed by atoms with van der Waals surface area (Å²) in [6.45, 7) is 0. The Labute approximate surface area is 160 Å². The Balaban J connectivity index is 1.66. The average molecular weight is 374 g/mol. The summed E-state index contributed by atoms with van der Waals surface area (Å²) in [5, 5.41) is 3.75. The molecule has 140 valence electrons. The van der Waals surface area contributed by atoms with Crippen LogP contribution in [0.3, 0.4) is 0 Å². The minimum absolute atomic E-state index is 0.0788. The van der Waals surface area contributed by atoms with Gasteiger partial charge >= 0.3 is 0 Å². The molecular formula is C21H18N4O3. The smallest absolute Gasteiger partial charge is 0.263 e. The van der Waals surface area contributed by atoms with Gasteiger partial charge in [0.15, 0.2) is 0 Å². The predicted molar refractivity (Wildman–Crippen MR) is 108 cm³/mol. The molecule has 0 aliphatic heterocycles. The van der Waals surface area contributed by atoms with Gasteiger partial charge in [0.25, 0.3) is 11.5 Å². The van der Waals surface area contributed by atoms with Crippen LogP contribution in [0.5, 0.6) is 5.75 Å². The quantitative estimate of drug-likeness (QED) is 0.574. The van der Waals surface area contributed by atoms with Gasteiger partial charge in [-0.1, -0.05) is 0 Å². The van der Waals surface area contributed by atoms with Gasteiger partial charge in [-0.3, -0.25) is 9.59 Å². The average Bonchev–Trinajstić information content (AvgIpc) is 3.17. The number of carbonyl (C=O) groups excluding carboxylic acids is 1. The van der Waals surface area contributed by atoms with E-state index in [1.165, 1.54) is 10.6 Å². The molecule has 4 rings (SSSR count). The normalized spacial score (nSPS) is 10.8. The fourth-order valence-corrected chi connectivity index (χ4v) is 3.06. The fraction of sp³-hybridized carbons (Fsp3) is 0.0952. The zero-order valence-corrected chi connectivity index (χ0v) is 15.4. The second-order valence-electron chi connectivity index (χ2n) is 6.35. The number of amides is 1. The first-order valence-electron chi connectivity index (χ1n) is 8.65. The molecule has 7 heteroatoms. The van der Waals surface area contributed by atoms with Gasteiger partial charge in [0.05, 0.1) is 7.11 Å². The number of pyridine rings is 2. The summed E-state index contributed by atoms with van der Waals surface area (Å²) in [4.78, 5) is 32.1. The number of H-pyrrole nitrogens is 1. The van der Waals surface area contributed by atoms with Crippen molar-refractivity contribution in [3.8, 4) is 16.9 Å². The summed E-state index contributed by atoms with van der Waals surface area (Å²) in [7, 11) is 3.17. The Morgan fingerprint density at radius 2 is 2.07 bits per heavy atom. The minimum atomic E-state index is -0.466. The van der Waals surface area contributed by atoms with Gasteiger partial charge in [-0.05, 0) is 36.4 Å². The summed E-state index contributed by atoms with van der Waals surface area (Å²) < 4.78 is 6.88. The lowest BCUT2D eigenvalue weighted by atomic mass is 10.0. The molecule has 7 nitrogen and oxygen atoms in total. The Morgan fingerprint density at radius 1 is 1.21 bits per heavy atom. The van der Waals surface area contributed by atoms with E-state index in [1.807, 2.05) is 24.4 Å². The van der Waals surface area contributed by atoms with Crippen molar-refractivity contribution in [2.45, 2.75) is 0 Å². The van der Waals surface area contributed by atoms with Crippen molar-refractivity contribution in [1.29, 1.82) is 0 Å². The summed E-state index contributed by atoms with van der Waals surface area (Å²) in [5.41, 5.74) is 2.83. The molecule has 3 aromatic heterocycles. The standard InChI is InChI=1S/C21H18N4O3/c1-25-9-3-4-17(21(25)27)20(26)24-15-5-6-16(18(11-15)28-2)14-10-13-7-8-22-19(13)23-12-14/h3-12H,1-2H3,(H,22,23)(H,24,26). The molecular weight excluding hydrogens is 356 g/mol. The van der Waals surface area contributed by atoms with Crippen molar-refractivity contribution < 1.29 is 9.53 Å². The Bertz CT molecular complexity index is 1240. The number of hydrogen-bond acceptors (Lipinski definition) is 4. The van der Waals surface area contributed by atoms with Crippen molar-refractivity contribution in [3.63, 3.8) is 0 Å². The number of aromatic nitrogens is 3. The molecule has 2 N–H and O–H groups in total. The lowest BCUT2D eigenvalue weighted by molar-refractivity contribution is 0.102. The molecule has 4 aromatic rings. The topological polar surface area (TPSA) is 89.0 Å². The molecule has 1 amide bonds. The number of benzene rings is 1. The van der Waals surface area contributed by atoms with Crippen LogP contribution in [-0.4, -0.2) is 27.6 Å². The van der Waals surface area contributed by atoms with Gasteiger partial charge in [-0.2, -0.15) is 0 Å². The van der Waals surface area contributed by atoms with E-state index in [0.29, 0.717) is 11.4 Å². The number of fused-ring (bicyclic) bond motifs is 1. The second-order valence-corrected chi connectivity index (χ2v) is 6.35. The van der Waals surface area contributed by atoms with Gasteiger partial charge in [0.2, 0.25) is 0 Å². The highest BCUT2D eigenvalue weighted by Crippen LogP contribution is 2.33. The van der Waals surface area contributed by atoms with E-state index in [4.69, 9.17) is 4.74 Å². The first-order valence-corrected chi connectivity index (χ1v) is 8.65. The van der Waals surface area contributed by atoms with E-state index >= 15 is 0 Å². The molecule has 0 bridgehead atoms. The van der Waals surface area contributed by atoms with Crippen LogP contribution in [0.4, 0.5) is 5.69 Å². The fourth-order valence-electron chi connectivity index (χ4n) is 3.06. The number of rotatable bonds is 4. The van der Waals surface area contributed by atoms with Crippen LogP contribution in [0.1, 0.15) is 10.4 Å². The van der Waals surface area contributed by atoms with Crippen LogP contribution < -0.4 is 15.6 Å². The summed E-state index contributed by atoms with van der Waals surface area (Å²) in [5.74, 6) is 0.127. The number of nitrogens with zero attached hydrogens (tertiary/aromatic N) is 2. The maximum atomic E-state index is 12.5. The Morgan fingerprint density at radius 3 is 2.89 bits per heavy atom. The van der Waals surface area contributed by atoms with Crippen molar-refractivity contribution in [2.75, 3.05) is 12.4 Å². The zero-order chi connectivity index (χ0) is 19.7. The lowest BCUT2D eigenvalue weighted by Crippen LogP contribution is -2.27. The third kappa shape index (κ3) is 3.14. The highest BCUT2D eigenvalue weighted by molar-refractivity contribution is 6.04. The number of hydrogen-bond donors (Lipinski definition) is 2. The SMILES string of the molecule is COc1cc(NC(=O)c2cccn(C)c2=O)ccc1-c1cnc2[nH]ccc2c1. The van der Waals surface area contributed by atoms with Crippen LogP contribution >= 0.6 is 0 Å². The largest absolute Gasteiger partial charge is 0.496 e. The minimum Gasteiger partial charge on any atom is -0.496 e. The number of methoxy groups -OCH3 is 1. The van der Waals surface area contributed by atoms with Crippen LogP contribution in [0.2, 0.25) is 0 Å². The van der Waals surface area contributed by atoms with E-state index < -0.39 is 5.91 Å². The number of nitrogens with one attached hydrogen (secondary N) is 2. The molecule has 0 spiro atoms. The van der Waals surface area contributed by atoms with Crippen LogP contribution in [0.25, 0.3) is 22.2 Å². The number of aryl methyl sites for hydroxylation is 1. The molecule has 0 aliphatic carbocycles. The summed E-state index contributed by atoms with van der Waals surface area (Å²) in [6, 6.07) is 12.5. The summed E-state index contributed by atoms with van der Waals surface area (Å²) >= 11 is 0. The monoisotopic (exact) mass is 374 g/mol. The third-order valence-corrected chi connectivity index (χ3v) is 4.54. The van der Waals surface area contributed by atoms with Crippen molar-refractivity contribution in [1.82, 2.24) is 14.5 Å². The number of anilines is 1. The number of carbonyl (C=O) groups is 1. The highest BCUT2D eigenvalue weighted by Gasteiger charge is 2.14. The summed E-state index contributed by atoms with van der Waals surface area (Å²) in [6.07, 6.45) is 5.21. The lowest BCUT2D eigenvalue weighted by Gasteiger charge is -2.12. The molecule has 0 saturated heterocycles. The van der Waals surface area contributed by atoms with Crippen LogP contribution in [0.15, 0.2) is 65.8 Å². The molecule has 0 fully saturated rings. The zero-order valence-electron chi connectivity index (χ0n) is 15.4. The molecule has 0 aliphatic rings. The first kappa shape index (κ1) is 17.5. The molecule has 1 aromatic carbocycles. The predicted octanol–water partition coefficient (Wildman–Crippen LogP) is 3.19. The molecule has 28 heavy (non-hydrogen) atoms. The Hall–Kier alpha value is -3.87. The molecule has 0 saturated carbocycles. The van der Waals surface area contributed by atoms with Crippen molar-refractivity contribution >= 4 is 22.6 Å². The maximum Gasteiger partial charge on any atom is 0.263 e. The van der Waals surface area contributed by atoms with Crippen molar-refractivity contribution in [2.24, 2.45) is 7.05 Å². The van der Waals surface area contributed by atoms with Crippen LogP contribution in [-0.2, 0) is 7.05 Å². The molecule has 0 atom stereocenters. The first-order chi connectivity index (χ1) is 13.6. The van der Waals surface area contributed by atoms with Gasteiger partial charge < -0.3 is 19.6 Å². The highest BCUT2D eigenvalue weighted by atomic mass is 16.5. The van der Waals surface area contributed by atoms with E-state index in [-0.39, 0.29) is 11.1 Å². The second kappa shape index (κ2) is 7.03. The van der Waals surface area contributed by atoms with Gasteiger partial charge in [-0.15, -0.1) is 0 Å². The van der Waals surface area contributed by atoms with Gasteiger partial charge in [0, 0.05) is 53.9 Å². The van der Waals surface area contributed by atoms with E-state index in [1.54, 1.807) is 44.8 Å². The molecule has 0 unspecified atom stereocenters. The number of ether oxygens (including phenoxy) is 1. The van der Waals surface area contributed by atoms with E-state index in [9.17, 15) is 9.59 Å². The van der Waals surface area contributed by atoms with Gasteiger partial charge in [-0.25, -0.2) is 4.98 Å². The third-order valence-electron chi connectivity index (χ3n) is 4.54. The maximum absolute atomic E-state index is 12.5. The van der Waals surface area contributed by atoms with E-state index in [0.717, 1.165) is 22.2 Å². The van der Waals surface area contributed by atoms with E-state index in [2.05, 4.69) is 15.3 Å². The number of aromatic amines is 1.